The fraction of sp³-hybridized carbons (Fsp3) is 0.133. The molecule has 0 aliphatic heterocycles. The Morgan fingerprint density at radius 1 is 1.05 bits per heavy atom. The predicted molar refractivity (Wildman–Crippen MR) is 69.8 cm³/mol. The number of fused-ring (bicyclic) bond motifs is 2. The normalized spacial score (nSPS) is 12.9. The molecule has 2 aromatic rings. The Morgan fingerprint density at radius 2 is 1.76 bits per heavy atom. The molecule has 6 nitrogen and oxygen atoms in total. The summed E-state index contributed by atoms with van der Waals surface area (Å²) in [5.74, 6) is -2.59. The maximum Gasteiger partial charge on any atom is 0.229 e. The molecular weight excluding hydrogens is 274 g/mol. The van der Waals surface area contributed by atoms with Gasteiger partial charge in [-0.2, -0.15) is 0 Å². The van der Waals surface area contributed by atoms with Crippen LogP contribution in [0.3, 0.4) is 0 Å². The van der Waals surface area contributed by atoms with Gasteiger partial charge in [0.2, 0.25) is 5.78 Å². The van der Waals surface area contributed by atoms with Crippen molar-refractivity contribution in [2.75, 3.05) is 0 Å². The lowest BCUT2D eigenvalue weighted by molar-refractivity contribution is 0.0945. The second-order valence-corrected chi connectivity index (χ2v) is 4.70. The molecule has 1 aliphatic carbocycles. The van der Waals surface area contributed by atoms with Gasteiger partial charge in [-0.25, -0.2) is 0 Å². The van der Waals surface area contributed by atoms with E-state index in [-0.39, 0.29) is 33.8 Å². The van der Waals surface area contributed by atoms with E-state index in [0.29, 0.717) is 0 Å². The second-order valence-electron chi connectivity index (χ2n) is 4.70. The summed E-state index contributed by atoms with van der Waals surface area (Å²) in [5, 5.41) is 0. The Morgan fingerprint density at radius 3 is 2.38 bits per heavy atom. The summed E-state index contributed by atoms with van der Waals surface area (Å²) in [5.41, 5.74) is -0.0154. The molecule has 3 rings (SSSR count). The minimum absolute atomic E-state index is 0.105. The Balaban J connectivity index is 2.38. The summed E-state index contributed by atoms with van der Waals surface area (Å²) in [6.07, 6.45) is 2.65. The lowest BCUT2D eigenvalue weighted by Crippen LogP contribution is -2.21. The van der Waals surface area contributed by atoms with Crippen molar-refractivity contribution in [1.29, 1.82) is 0 Å². The summed E-state index contributed by atoms with van der Waals surface area (Å²) in [6.45, 7) is 2.43. The van der Waals surface area contributed by atoms with E-state index in [2.05, 4.69) is 4.98 Å². The summed E-state index contributed by atoms with van der Waals surface area (Å²) in [6, 6.07) is 1.40. The molecule has 2 aromatic heterocycles. The molecule has 2 heterocycles. The lowest BCUT2D eigenvalue weighted by atomic mass is 9.86. The summed E-state index contributed by atoms with van der Waals surface area (Å²) >= 11 is 0. The van der Waals surface area contributed by atoms with E-state index in [1.165, 1.54) is 32.3 Å². The number of furan rings is 1. The van der Waals surface area contributed by atoms with Crippen LogP contribution >= 0.6 is 0 Å². The van der Waals surface area contributed by atoms with Crippen LogP contribution < -0.4 is 0 Å². The van der Waals surface area contributed by atoms with Crippen molar-refractivity contribution in [2.45, 2.75) is 13.8 Å². The number of rotatable bonds is 2. The van der Waals surface area contributed by atoms with Crippen molar-refractivity contribution in [3.8, 4) is 0 Å². The number of ketones is 4. The van der Waals surface area contributed by atoms with E-state index >= 15 is 0 Å². The molecule has 0 amide bonds. The molecule has 0 fully saturated rings. The van der Waals surface area contributed by atoms with Crippen LogP contribution in [0.4, 0.5) is 0 Å². The van der Waals surface area contributed by atoms with Crippen molar-refractivity contribution >= 4 is 23.1 Å². The highest BCUT2D eigenvalue weighted by atomic mass is 16.4. The summed E-state index contributed by atoms with van der Waals surface area (Å²) in [7, 11) is 0. The minimum atomic E-state index is -0.533. The molecule has 0 radical (unpaired) electrons. The fourth-order valence-electron chi connectivity index (χ4n) is 2.42. The first-order chi connectivity index (χ1) is 9.93. The van der Waals surface area contributed by atoms with Crippen LogP contribution in [0.15, 0.2) is 22.9 Å². The average molecular weight is 283 g/mol. The number of carbonyl (C=O) groups excluding carboxylic acids is 4. The van der Waals surface area contributed by atoms with Gasteiger partial charge in [-0.15, -0.1) is 0 Å². The van der Waals surface area contributed by atoms with Crippen LogP contribution in [-0.4, -0.2) is 28.1 Å². The monoisotopic (exact) mass is 283 g/mol. The van der Waals surface area contributed by atoms with E-state index in [4.69, 9.17) is 4.42 Å². The van der Waals surface area contributed by atoms with Crippen LogP contribution in [0.1, 0.15) is 66.8 Å². The number of pyridine rings is 1. The molecule has 0 N–H and O–H groups in total. The van der Waals surface area contributed by atoms with Gasteiger partial charge in [0.1, 0.15) is 0 Å². The molecule has 0 unspecified atom stereocenters. The molecule has 21 heavy (non-hydrogen) atoms. The van der Waals surface area contributed by atoms with E-state index in [9.17, 15) is 19.2 Å². The molecule has 0 spiro atoms. The van der Waals surface area contributed by atoms with E-state index in [0.717, 1.165) is 0 Å². The molecule has 0 saturated carbocycles. The number of Topliss-reactive ketones (excluding diaryl/α,β-unsaturated/α-hetero) is 2. The topological polar surface area (TPSA) is 94.3 Å². The zero-order valence-corrected chi connectivity index (χ0v) is 11.2. The number of hydrogen-bond donors (Lipinski definition) is 0. The van der Waals surface area contributed by atoms with Gasteiger partial charge in [0.15, 0.2) is 28.9 Å². The van der Waals surface area contributed by atoms with Crippen molar-refractivity contribution in [3.63, 3.8) is 0 Å². The first-order valence-electron chi connectivity index (χ1n) is 6.15. The highest BCUT2D eigenvalue weighted by Gasteiger charge is 2.39. The Labute approximate surface area is 118 Å². The van der Waals surface area contributed by atoms with E-state index in [1.807, 2.05) is 0 Å². The molecule has 0 aromatic carbocycles. The SMILES string of the molecule is CC(=O)c1oc2c(c1C(C)=O)C(=O)c1cnccc1C2=O. The molecule has 1 aliphatic rings. The van der Waals surface area contributed by atoms with Crippen LogP contribution in [0, 0.1) is 0 Å². The van der Waals surface area contributed by atoms with Crippen LogP contribution in [0.25, 0.3) is 0 Å². The third-order valence-electron chi connectivity index (χ3n) is 3.32. The minimum Gasteiger partial charge on any atom is -0.448 e. The number of hydrogen-bond acceptors (Lipinski definition) is 6. The third kappa shape index (κ3) is 1.69. The maximum atomic E-state index is 12.5. The van der Waals surface area contributed by atoms with Crippen molar-refractivity contribution in [1.82, 2.24) is 4.98 Å². The van der Waals surface area contributed by atoms with Gasteiger partial charge in [-0.1, -0.05) is 0 Å². The van der Waals surface area contributed by atoms with Gasteiger partial charge < -0.3 is 4.42 Å². The van der Waals surface area contributed by atoms with Crippen molar-refractivity contribution in [3.05, 3.63) is 52.2 Å². The number of carbonyl (C=O) groups is 4. The Kier molecular flexibility index (Phi) is 2.69. The van der Waals surface area contributed by atoms with Gasteiger partial charge in [0, 0.05) is 24.9 Å². The largest absolute Gasteiger partial charge is 0.448 e. The molecule has 6 heteroatoms. The predicted octanol–water partition coefficient (Wildman–Crippen LogP) is 1.86. The van der Waals surface area contributed by atoms with Crippen LogP contribution in [-0.2, 0) is 0 Å². The molecule has 104 valence electrons. The molecular formula is C15H9NO5. The zero-order chi connectivity index (χ0) is 15.3. The third-order valence-corrected chi connectivity index (χ3v) is 3.32. The molecule has 0 atom stereocenters. The maximum absolute atomic E-state index is 12.5. The Bertz CT molecular complexity index is 844. The Hall–Kier alpha value is -2.89. The van der Waals surface area contributed by atoms with Crippen LogP contribution in [0.2, 0.25) is 0 Å². The van der Waals surface area contributed by atoms with Crippen LogP contribution in [0.5, 0.6) is 0 Å². The zero-order valence-electron chi connectivity index (χ0n) is 11.2. The van der Waals surface area contributed by atoms with Gasteiger partial charge in [-0.3, -0.25) is 24.2 Å². The summed E-state index contributed by atoms with van der Waals surface area (Å²) in [4.78, 5) is 52.1. The first kappa shape index (κ1) is 13.1. The van der Waals surface area contributed by atoms with Gasteiger partial charge in [0.05, 0.1) is 16.7 Å². The van der Waals surface area contributed by atoms with Gasteiger partial charge in [-0.05, 0) is 13.0 Å². The second kappa shape index (κ2) is 4.31. The molecule has 0 saturated heterocycles. The van der Waals surface area contributed by atoms with Crippen molar-refractivity contribution < 1.29 is 23.6 Å². The van der Waals surface area contributed by atoms with Gasteiger partial charge >= 0.3 is 0 Å². The average Bonchev–Trinajstić information content (AvgIpc) is 2.86. The smallest absolute Gasteiger partial charge is 0.229 e. The lowest BCUT2D eigenvalue weighted by Gasteiger charge is -2.12. The highest BCUT2D eigenvalue weighted by Crippen LogP contribution is 2.33. The molecule has 0 bridgehead atoms. The fourth-order valence-corrected chi connectivity index (χ4v) is 2.42. The highest BCUT2D eigenvalue weighted by molar-refractivity contribution is 6.31. The number of aromatic nitrogens is 1. The quantitative estimate of drug-likeness (QED) is 0.666. The number of nitrogens with zero attached hydrogens (tertiary/aromatic N) is 1. The van der Waals surface area contributed by atoms with E-state index < -0.39 is 23.1 Å². The standard InChI is InChI=1S/C15H9NO5/c1-6(17)10-11-12(19)9-5-16-4-3-8(9)13(20)15(11)21-14(10)7(2)18/h3-5H,1-2H3. The summed E-state index contributed by atoms with van der Waals surface area (Å²) < 4.78 is 5.24. The van der Waals surface area contributed by atoms with E-state index in [1.54, 1.807) is 0 Å². The van der Waals surface area contributed by atoms with Gasteiger partial charge in [0.25, 0.3) is 0 Å². The van der Waals surface area contributed by atoms with Crippen molar-refractivity contribution in [2.24, 2.45) is 0 Å². The first-order valence-corrected chi connectivity index (χ1v) is 6.15.